The molecule has 0 fully saturated rings. The number of rotatable bonds is 7. The fourth-order valence-corrected chi connectivity index (χ4v) is 2.64. The molecule has 158 valence electrons. The number of benzene rings is 1. The van der Waals surface area contributed by atoms with Crippen LogP contribution in [0, 0.1) is 6.92 Å². The van der Waals surface area contributed by atoms with Crippen molar-refractivity contribution in [2.45, 2.75) is 32.5 Å². The molecular weight excluding hydrogens is 486 g/mol. The van der Waals surface area contributed by atoms with Crippen LogP contribution in [0.4, 0.5) is 13.2 Å². The van der Waals surface area contributed by atoms with E-state index in [0.29, 0.717) is 24.7 Å². The first-order valence-electron chi connectivity index (χ1n) is 8.86. The van der Waals surface area contributed by atoms with Crippen LogP contribution in [0.1, 0.15) is 24.0 Å². The van der Waals surface area contributed by atoms with Crippen LogP contribution >= 0.6 is 24.0 Å². The van der Waals surface area contributed by atoms with Crippen molar-refractivity contribution < 1.29 is 22.6 Å². The molecular formula is C19H27F3IN3O2. The van der Waals surface area contributed by atoms with Gasteiger partial charge in [0.05, 0.1) is 13.2 Å². The highest BCUT2D eigenvalue weighted by Crippen LogP contribution is 2.23. The molecule has 0 radical (unpaired) electrons. The standard InChI is InChI=1S/C19H26F3N3O2.HI/c1-14-3-4-16(17(11-14)27-13-19(20,21)22)12-25-18(23-2)24-8-5-15-6-9-26-10-7-15;/h3-4,6,11H,5,7-10,12-13H2,1-2H3,(H2,23,24,25);1H. The molecule has 0 spiro atoms. The number of alkyl halides is 3. The van der Waals surface area contributed by atoms with Gasteiger partial charge in [-0.1, -0.05) is 23.8 Å². The first-order valence-corrected chi connectivity index (χ1v) is 8.86. The summed E-state index contributed by atoms with van der Waals surface area (Å²) in [6.07, 6.45) is -0.436. The highest BCUT2D eigenvalue weighted by Gasteiger charge is 2.28. The normalized spacial score (nSPS) is 14.8. The highest BCUT2D eigenvalue weighted by molar-refractivity contribution is 14.0. The first-order chi connectivity index (χ1) is 12.9. The van der Waals surface area contributed by atoms with E-state index in [0.717, 1.165) is 31.6 Å². The van der Waals surface area contributed by atoms with Gasteiger partial charge in [0.25, 0.3) is 0 Å². The van der Waals surface area contributed by atoms with E-state index in [1.165, 1.54) is 5.57 Å². The van der Waals surface area contributed by atoms with Crippen molar-refractivity contribution in [3.63, 3.8) is 0 Å². The molecule has 0 amide bonds. The molecule has 2 N–H and O–H groups in total. The average Bonchev–Trinajstić information content (AvgIpc) is 2.64. The van der Waals surface area contributed by atoms with E-state index in [4.69, 9.17) is 9.47 Å². The van der Waals surface area contributed by atoms with Gasteiger partial charge in [-0.25, -0.2) is 0 Å². The summed E-state index contributed by atoms with van der Waals surface area (Å²) in [5, 5.41) is 6.32. The van der Waals surface area contributed by atoms with E-state index < -0.39 is 12.8 Å². The Balaban J connectivity index is 0.00000392. The Kier molecular flexibility index (Phi) is 10.7. The molecule has 0 saturated carbocycles. The zero-order valence-electron chi connectivity index (χ0n) is 16.1. The molecule has 1 heterocycles. The third kappa shape index (κ3) is 9.13. The third-order valence-electron chi connectivity index (χ3n) is 4.08. The van der Waals surface area contributed by atoms with E-state index >= 15 is 0 Å². The molecule has 5 nitrogen and oxygen atoms in total. The largest absolute Gasteiger partial charge is 0.484 e. The van der Waals surface area contributed by atoms with Gasteiger partial charge in [0, 0.05) is 25.7 Å². The Morgan fingerprint density at radius 3 is 2.71 bits per heavy atom. The van der Waals surface area contributed by atoms with Crippen molar-refractivity contribution in [2.24, 2.45) is 4.99 Å². The molecule has 0 atom stereocenters. The summed E-state index contributed by atoms with van der Waals surface area (Å²) in [5.41, 5.74) is 2.83. The number of nitrogens with zero attached hydrogens (tertiary/aromatic N) is 1. The highest BCUT2D eigenvalue weighted by atomic mass is 127. The van der Waals surface area contributed by atoms with Crippen LogP contribution in [0.15, 0.2) is 34.8 Å². The maximum absolute atomic E-state index is 12.5. The van der Waals surface area contributed by atoms with E-state index in [1.54, 1.807) is 19.2 Å². The van der Waals surface area contributed by atoms with Gasteiger partial charge in [-0.2, -0.15) is 13.2 Å². The minimum absolute atomic E-state index is 0. The van der Waals surface area contributed by atoms with Crippen molar-refractivity contribution >= 4 is 29.9 Å². The monoisotopic (exact) mass is 513 g/mol. The molecule has 1 aromatic carbocycles. The molecule has 1 aliphatic rings. The van der Waals surface area contributed by atoms with Gasteiger partial charge in [-0.3, -0.25) is 4.99 Å². The lowest BCUT2D eigenvalue weighted by molar-refractivity contribution is -0.153. The quantitative estimate of drug-likeness (QED) is 0.251. The Morgan fingerprint density at radius 1 is 1.29 bits per heavy atom. The van der Waals surface area contributed by atoms with Gasteiger partial charge in [-0.05, 0) is 31.4 Å². The van der Waals surface area contributed by atoms with Gasteiger partial charge in [0.2, 0.25) is 0 Å². The SMILES string of the molecule is CN=C(NCCC1=CCOCC1)NCc1ccc(C)cc1OCC(F)(F)F.I. The van der Waals surface area contributed by atoms with Crippen LogP contribution in [0.25, 0.3) is 0 Å². The number of nitrogens with one attached hydrogen (secondary N) is 2. The van der Waals surface area contributed by atoms with E-state index in [-0.39, 0.29) is 29.7 Å². The van der Waals surface area contributed by atoms with Crippen LogP contribution in [-0.4, -0.2) is 45.5 Å². The second kappa shape index (κ2) is 12.2. The fourth-order valence-electron chi connectivity index (χ4n) is 2.64. The van der Waals surface area contributed by atoms with Crippen molar-refractivity contribution in [1.29, 1.82) is 0 Å². The minimum Gasteiger partial charge on any atom is -0.484 e. The number of ether oxygens (including phenoxy) is 2. The molecule has 2 rings (SSSR count). The number of hydrogen-bond donors (Lipinski definition) is 2. The maximum atomic E-state index is 12.5. The van der Waals surface area contributed by atoms with Crippen LogP contribution in [0.3, 0.4) is 0 Å². The van der Waals surface area contributed by atoms with Gasteiger partial charge >= 0.3 is 6.18 Å². The summed E-state index contributed by atoms with van der Waals surface area (Å²) in [7, 11) is 1.65. The maximum Gasteiger partial charge on any atom is 0.422 e. The summed E-state index contributed by atoms with van der Waals surface area (Å²) in [5.74, 6) is 0.813. The Bertz CT molecular complexity index is 679. The summed E-state index contributed by atoms with van der Waals surface area (Å²) >= 11 is 0. The number of aryl methyl sites for hydroxylation is 1. The topological polar surface area (TPSA) is 54.9 Å². The summed E-state index contributed by atoms with van der Waals surface area (Å²) in [6.45, 7) is 2.95. The lowest BCUT2D eigenvalue weighted by Crippen LogP contribution is -2.37. The Labute approximate surface area is 180 Å². The zero-order chi connectivity index (χ0) is 19.7. The zero-order valence-corrected chi connectivity index (χ0v) is 18.4. The Morgan fingerprint density at radius 2 is 2.07 bits per heavy atom. The molecule has 0 aromatic heterocycles. The molecule has 1 aromatic rings. The van der Waals surface area contributed by atoms with E-state index in [2.05, 4.69) is 21.7 Å². The predicted octanol–water partition coefficient (Wildman–Crippen LogP) is 3.96. The number of halogens is 4. The molecule has 9 heteroatoms. The molecule has 0 unspecified atom stereocenters. The molecule has 0 aliphatic carbocycles. The van der Waals surface area contributed by atoms with Crippen molar-refractivity contribution in [1.82, 2.24) is 10.6 Å². The van der Waals surface area contributed by atoms with Crippen molar-refractivity contribution in [2.75, 3.05) is 33.4 Å². The minimum atomic E-state index is -4.37. The summed E-state index contributed by atoms with van der Waals surface area (Å²) in [4.78, 5) is 4.15. The van der Waals surface area contributed by atoms with Crippen molar-refractivity contribution in [3.05, 3.63) is 41.0 Å². The van der Waals surface area contributed by atoms with Gasteiger partial charge in [-0.15, -0.1) is 24.0 Å². The van der Waals surface area contributed by atoms with Gasteiger partial charge in [0.1, 0.15) is 5.75 Å². The molecule has 28 heavy (non-hydrogen) atoms. The number of hydrogen-bond acceptors (Lipinski definition) is 3. The summed E-state index contributed by atoms with van der Waals surface area (Å²) in [6, 6.07) is 5.20. The second-order valence-corrected chi connectivity index (χ2v) is 6.30. The van der Waals surface area contributed by atoms with Crippen LogP contribution in [0.2, 0.25) is 0 Å². The van der Waals surface area contributed by atoms with Crippen LogP contribution in [0.5, 0.6) is 5.75 Å². The smallest absolute Gasteiger partial charge is 0.422 e. The summed E-state index contributed by atoms with van der Waals surface area (Å²) < 4.78 is 47.6. The van der Waals surface area contributed by atoms with Crippen LogP contribution in [-0.2, 0) is 11.3 Å². The lowest BCUT2D eigenvalue weighted by atomic mass is 10.1. The Hall–Kier alpha value is -1.49. The second-order valence-electron chi connectivity index (χ2n) is 6.30. The van der Waals surface area contributed by atoms with Crippen molar-refractivity contribution in [3.8, 4) is 5.75 Å². The fraction of sp³-hybridized carbons (Fsp3) is 0.526. The number of guanidine groups is 1. The molecule has 0 saturated heterocycles. The van der Waals surface area contributed by atoms with Gasteiger partial charge < -0.3 is 20.1 Å². The van der Waals surface area contributed by atoms with E-state index in [9.17, 15) is 13.2 Å². The predicted molar refractivity (Wildman–Crippen MR) is 114 cm³/mol. The lowest BCUT2D eigenvalue weighted by Gasteiger charge is -2.17. The van der Waals surface area contributed by atoms with E-state index in [1.807, 2.05) is 13.0 Å². The molecule has 0 bridgehead atoms. The first kappa shape index (κ1) is 24.5. The number of aliphatic imine (C=N–C) groups is 1. The molecule has 1 aliphatic heterocycles. The third-order valence-corrected chi connectivity index (χ3v) is 4.08. The van der Waals surface area contributed by atoms with Gasteiger partial charge in [0.15, 0.2) is 12.6 Å². The van der Waals surface area contributed by atoms with Crippen LogP contribution < -0.4 is 15.4 Å². The average molecular weight is 513 g/mol.